The molecule has 1 fully saturated rings. The minimum atomic E-state index is -0.0657. The van der Waals surface area contributed by atoms with Crippen molar-refractivity contribution in [2.24, 2.45) is 0 Å². The second-order valence-corrected chi connectivity index (χ2v) is 7.55. The fourth-order valence-electron chi connectivity index (χ4n) is 3.92. The lowest BCUT2D eigenvalue weighted by molar-refractivity contribution is 0.270. The molecule has 0 spiro atoms. The van der Waals surface area contributed by atoms with E-state index in [2.05, 4.69) is 19.9 Å². The quantitative estimate of drug-likeness (QED) is 0.769. The summed E-state index contributed by atoms with van der Waals surface area (Å²) in [6, 6.07) is 0. The van der Waals surface area contributed by atoms with Gasteiger partial charge in [-0.05, 0) is 44.7 Å². The summed E-state index contributed by atoms with van der Waals surface area (Å²) in [5, 5.41) is 9.90. The zero-order chi connectivity index (χ0) is 18.6. The van der Waals surface area contributed by atoms with Crippen LogP contribution in [0.5, 0.6) is 0 Å². The molecular weight excluding hydrogens is 330 g/mol. The van der Waals surface area contributed by atoms with E-state index in [0.717, 1.165) is 52.3 Å². The first-order valence-electron chi connectivity index (χ1n) is 9.12. The maximum atomic E-state index is 12.5. The molecule has 0 bridgehead atoms. The van der Waals surface area contributed by atoms with Crippen molar-refractivity contribution < 1.29 is 5.11 Å². The number of hydrogen-bond acceptors (Lipinski definition) is 6. The summed E-state index contributed by atoms with van der Waals surface area (Å²) in [4.78, 5) is 26.5. The van der Waals surface area contributed by atoms with Gasteiger partial charge in [-0.3, -0.25) is 4.79 Å². The average molecular weight is 355 g/mol. The highest BCUT2D eigenvalue weighted by Crippen LogP contribution is 2.47. The number of rotatable bonds is 4. The Morgan fingerprint density at radius 3 is 2.62 bits per heavy atom. The van der Waals surface area contributed by atoms with Crippen molar-refractivity contribution in [2.75, 3.05) is 23.8 Å². The fourth-order valence-corrected chi connectivity index (χ4v) is 3.92. The third-order valence-corrected chi connectivity index (χ3v) is 5.81. The van der Waals surface area contributed by atoms with E-state index < -0.39 is 0 Å². The third-order valence-electron chi connectivity index (χ3n) is 5.81. The van der Waals surface area contributed by atoms with Gasteiger partial charge in [0.05, 0.1) is 18.8 Å². The van der Waals surface area contributed by atoms with Gasteiger partial charge in [0.2, 0.25) is 5.95 Å². The van der Waals surface area contributed by atoms with Crippen LogP contribution in [-0.4, -0.2) is 33.2 Å². The molecule has 1 atom stereocenters. The molecule has 1 unspecified atom stereocenters. The lowest BCUT2D eigenvalue weighted by Gasteiger charge is -2.21. The molecule has 4 rings (SSSR count). The summed E-state index contributed by atoms with van der Waals surface area (Å²) < 4.78 is 0. The standard InChI is InChI=1S/C19H25N5O2/c1-9-10(2)14(18(26)21-11(9)3)7-24-6-13(8-25)15-16(12-4-5-12)22-19(20)23-17(15)24/h12-13,25H,4-8H2,1-3H3,(H,21,26)(H2,20,22,23). The molecule has 0 saturated heterocycles. The van der Waals surface area contributed by atoms with Gasteiger partial charge in [-0.2, -0.15) is 4.98 Å². The molecule has 7 nitrogen and oxygen atoms in total. The number of nitrogen functional groups attached to an aromatic ring is 1. The SMILES string of the molecule is Cc1[nH]c(=O)c(CN2CC(CO)c3c(C4CC4)nc(N)nc32)c(C)c1C. The van der Waals surface area contributed by atoms with Gasteiger partial charge < -0.3 is 20.7 Å². The van der Waals surface area contributed by atoms with E-state index in [1.807, 2.05) is 20.8 Å². The van der Waals surface area contributed by atoms with E-state index in [9.17, 15) is 9.90 Å². The second-order valence-electron chi connectivity index (χ2n) is 7.55. The zero-order valence-electron chi connectivity index (χ0n) is 15.5. The number of aryl methyl sites for hydroxylation is 1. The molecule has 26 heavy (non-hydrogen) atoms. The van der Waals surface area contributed by atoms with Gasteiger partial charge in [-0.25, -0.2) is 4.98 Å². The van der Waals surface area contributed by atoms with Crippen LogP contribution in [0.15, 0.2) is 4.79 Å². The lowest BCUT2D eigenvalue weighted by atomic mass is 10.00. The highest BCUT2D eigenvalue weighted by molar-refractivity contribution is 5.60. The van der Waals surface area contributed by atoms with Crippen molar-refractivity contribution in [1.82, 2.24) is 15.0 Å². The molecule has 0 radical (unpaired) electrons. The lowest BCUT2D eigenvalue weighted by Crippen LogP contribution is -2.28. The van der Waals surface area contributed by atoms with Crippen LogP contribution in [0.3, 0.4) is 0 Å². The maximum absolute atomic E-state index is 12.5. The van der Waals surface area contributed by atoms with Gasteiger partial charge in [0, 0.05) is 35.2 Å². The highest BCUT2D eigenvalue weighted by Gasteiger charge is 2.38. The monoisotopic (exact) mass is 355 g/mol. The number of H-pyrrole nitrogens is 1. The summed E-state index contributed by atoms with van der Waals surface area (Å²) in [5.41, 5.74) is 11.6. The molecule has 2 aromatic heterocycles. The Hall–Kier alpha value is -2.41. The smallest absolute Gasteiger partial charge is 0.253 e. The van der Waals surface area contributed by atoms with Gasteiger partial charge in [0.25, 0.3) is 5.56 Å². The number of aliphatic hydroxyl groups excluding tert-OH is 1. The number of nitrogens with zero attached hydrogens (tertiary/aromatic N) is 3. The topological polar surface area (TPSA) is 108 Å². The Kier molecular flexibility index (Phi) is 3.99. The van der Waals surface area contributed by atoms with Crippen LogP contribution in [0.4, 0.5) is 11.8 Å². The molecule has 4 N–H and O–H groups in total. The Bertz CT molecular complexity index is 933. The minimum Gasteiger partial charge on any atom is -0.396 e. The van der Waals surface area contributed by atoms with E-state index in [1.54, 1.807) is 0 Å². The number of anilines is 2. The van der Waals surface area contributed by atoms with Gasteiger partial charge in [-0.1, -0.05) is 0 Å². The summed E-state index contributed by atoms with van der Waals surface area (Å²) in [6.45, 7) is 7.03. The predicted molar refractivity (Wildman–Crippen MR) is 101 cm³/mol. The summed E-state index contributed by atoms with van der Waals surface area (Å²) >= 11 is 0. The number of hydrogen-bond donors (Lipinski definition) is 3. The summed E-state index contributed by atoms with van der Waals surface area (Å²) in [6.07, 6.45) is 2.22. The normalized spacial score (nSPS) is 19.1. The molecule has 2 aliphatic rings. The number of aromatic nitrogens is 3. The molecule has 0 amide bonds. The van der Waals surface area contributed by atoms with Gasteiger partial charge in [-0.15, -0.1) is 0 Å². The Labute approximate surface area is 152 Å². The molecule has 138 valence electrons. The number of nitrogens with two attached hydrogens (primary N) is 1. The molecule has 1 aliphatic heterocycles. The van der Waals surface area contributed by atoms with Crippen LogP contribution < -0.4 is 16.2 Å². The van der Waals surface area contributed by atoms with E-state index in [4.69, 9.17) is 5.73 Å². The van der Waals surface area contributed by atoms with Crippen molar-refractivity contribution in [3.8, 4) is 0 Å². The van der Waals surface area contributed by atoms with Crippen LogP contribution in [-0.2, 0) is 6.54 Å². The molecule has 7 heteroatoms. The maximum Gasteiger partial charge on any atom is 0.253 e. The molecular formula is C19H25N5O2. The molecule has 1 aliphatic carbocycles. The molecule has 1 saturated carbocycles. The van der Waals surface area contributed by atoms with Crippen LogP contribution in [0.25, 0.3) is 0 Å². The van der Waals surface area contributed by atoms with Crippen molar-refractivity contribution in [3.63, 3.8) is 0 Å². The third kappa shape index (κ3) is 2.67. The molecule has 2 aromatic rings. The van der Waals surface area contributed by atoms with Gasteiger partial charge >= 0.3 is 0 Å². The van der Waals surface area contributed by atoms with Crippen molar-refractivity contribution in [1.29, 1.82) is 0 Å². The van der Waals surface area contributed by atoms with E-state index in [0.29, 0.717) is 19.0 Å². The molecule has 3 heterocycles. The van der Waals surface area contributed by atoms with Crippen LogP contribution >= 0.6 is 0 Å². The Morgan fingerprint density at radius 2 is 1.96 bits per heavy atom. The first-order chi connectivity index (χ1) is 12.4. The number of aliphatic hydroxyl groups is 1. The summed E-state index contributed by atoms with van der Waals surface area (Å²) in [7, 11) is 0. The predicted octanol–water partition coefficient (Wildman–Crippen LogP) is 1.65. The number of aromatic amines is 1. The Balaban J connectivity index is 1.78. The van der Waals surface area contributed by atoms with E-state index in [-0.39, 0.29) is 24.0 Å². The van der Waals surface area contributed by atoms with Gasteiger partial charge in [0.15, 0.2) is 0 Å². The first-order valence-corrected chi connectivity index (χ1v) is 9.12. The van der Waals surface area contributed by atoms with E-state index in [1.165, 1.54) is 0 Å². The fraction of sp³-hybridized carbons (Fsp3) is 0.526. The van der Waals surface area contributed by atoms with Crippen molar-refractivity contribution in [2.45, 2.75) is 52.0 Å². The van der Waals surface area contributed by atoms with E-state index >= 15 is 0 Å². The average Bonchev–Trinajstić information content (AvgIpc) is 3.39. The highest BCUT2D eigenvalue weighted by atomic mass is 16.3. The van der Waals surface area contributed by atoms with Crippen LogP contribution in [0, 0.1) is 20.8 Å². The van der Waals surface area contributed by atoms with Crippen molar-refractivity contribution >= 4 is 11.8 Å². The first kappa shape index (κ1) is 17.0. The molecule has 0 aromatic carbocycles. The van der Waals surface area contributed by atoms with Crippen LogP contribution in [0.1, 0.15) is 58.3 Å². The second kappa shape index (κ2) is 6.09. The summed E-state index contributed by atoms with van der Waals surface area (Å²) in [5.74, 6) is 1.43. The number of fused-ring (bicyclic) bond motifs is 1. The Morgan fingerprint density at radius 1 is 1.23 bits per heavy atom. The zero-order valence-corrected chi connectivity index (χ0v) is 15.5. The van der Waals surface area contributed by atoms with Gasteiger partial charge in [0.1, 0.15) is 5.82 Å². The number of nitrogens with one attached hydrogen (secondary N) is 1. The minimum absolute atomic E-state index is 0.0351. The van der Waals surface area contributed by atoms with Crippen molar-refractivity contribution in [3.05, 3.63) is 44.0 Å². The number of pyridine rings is 1. The van der Waals surface area contributed by atoms with Crippen LogP contribution in [0.2, 0.25) is 0 Å². The largest absolute Gasteiger partial charge is 0.396 e.